The Labute approximate surface area is 199 Å². The van der Waals surface area contributed by atoms with E-state index in [1.165, 1.54) is 29.8 Å². The number of carbonyl (C=O) groups excluding carboxylic acids is 2. The third-order valence-corrected chi connectivity index (χ3v) is 6.69. The van der Waals surface area contributed by atoms with Gasteiger partial charge in [-0.05, 0) is 31.0 Å². The molecule has 4 aromatic rings. The molecule has 2 amide bonds. The predicted octanol–water partition coefficient (Wildman–Crippen LogP) is 5.41. The number of methoxy groups -OCH3 is 1. The van der Waals surface area contributed by atoms with Gasteiger partial charge in [0.05, 0.1) is 28.9 Å². The minimum atomic E-state index is -0.294. The molecule has 0 fully saturated rings. The van der Waals surface area contributed by atoms with Crippen LogP contribution in [0.25, 0.3) is 10.6 Å². The van der Waals surface area contributed by atoms with Crippen LogP contribution in [0.1, 0.15) is 28.0 Å². The van der Waals surface area contributed by atoms with Crippen molar-refractivity contribution < 1.29 is 14.3 Å². The smallest absolute Gasteiger partial charge is 0.261 e. The van der Waals surface area contributed by atoms with Gasteiger partial charge < -0.3 is 10.1 Å². The van der Waals surface area contributed by atoms with Crippen LogP contribution in [0.2, 0.25) is 0 Å². The van der Waals surface area contributed by atoms with E-state index in [-0.39, 0.29) is 11.8 Å². The maximum Gasteiger partial charge on any atom is 0.261 e. The number of anilines is 2. The monoisotopic (exact) mass is 478 g/mol. The van der Waals surface area contributed by atoms with E-state index in [2.05, 4.69) is 20.6 Å². The largest absolute Gasteiger partial charge is 0.496 e. The number of aryl methyl sites for hydroxylation is 2. The van der Waals surface area contributed by atoms with Crippen molar-refractivity contribution in [2.45, 2.75) is 19.8 Å². The molecule has 4 rings (SSSR count). The predicted molar refractivity (Wildman–Crippen MR) is 132 cm³/mol. The van der Waals surface area contributed by atoms with Gasteiger partial charge in [0.1, 0.15) is 5.75 Å². The van der Waals surface area contributed by atoms with Gasteiger partial charge in [0.2, 0.25) is 5.91 Å². The number of carbonyl (C=O) groups is 2. The fraction of sp³-hybridized carbons (Fsp3) is 0.167. The molecule has 0 radical (unpaired) electrons. The number of hydrogen-bond donors (Lipinski definition) is 2. The van der Waals surface area contributed by atoms with E-state index in [9.17, 15) is 9.59 Å². The Morgan fingerprint density at radius 1 is 0.970 bits per heavy atom. The minimum absolute atomic E-state index is 0.0782. The Hall–Kier alpha value is -3.56. The standard InChI is InChI=1S/C24H22N4O3S2/c1-15-21(33-24(25-15)28-22(30)17-10-6-7-11-19(17)31-2)18-14-32-23(26-18)27-20(29)13-12-16-8-4-3-5-9-16/h3-11,14H,12-13H2,1-2H3,(H,25,28,30)(H,26,27,29). The number of para-hydroxylation sites is 1. The van der Waals surface area contributed by atoms with Crippen LogP contribution in [-0.2, 0) is 11.2 Å². The average molecular weight is 479 g/mol. The molecule has 9 heteroatoms. The Bertz CT molecular complexity index is 1270. The van der Waals surface area contributed by atoms with Crippen LogP contribution in [0, 0.1) is 6.92 Å². The summed E-state index contributed by atoms with van der Waals surface area (Å²) in [6.07, 6.45) is 1.06. The van der Waals surface area contributed by atoms with Gasteiger partial charge in [-0.2, -0.15) is 0 Å². The molecule has 2 N–H and O–H groups in total. The average Bonchev–Trinajstić information content (AvgIpc) is 3.44. The van der Waals surface area contributed by atoms with Crippen LogP contribution in [0.4, 0.5) is 10.3 Å². The van der Waals surface area contributed by atoms with Gasteiger partial charge in [-0.1, -0.05) is 53.8 Å². The summed E-state index contributed by atoms with van der Waals surface area (Å²) in [5.41, 5.74) is 3.02. The number of nitrogens with one attached hydrogen (secondary N) is 2. The van der Waals surface area contributed by atoms with Crippen LogP contribution >= 0.6 is 22.7 Å². The number of rotatable bonds is 8. The summed E-state index contributed by atoms with van der Waals surface area (Å²) in [4.78, 5) is 34.8. The van der Waals surface area contributed by atoms with Crippen molar-refractivity contribution >= 4 is 44.8 Å². The first-order valence-electron chi connectivity index (χ1n) is 10.2. The molecule has 2 aromatic carbocycles. The second-order valence-electron chi connectivity index (χ2n) is 7.16. The highest BCUT2D eigenvalue weighted by molar-refractivity contribution is 7.20. The van der Waals surface area contributed by atoms with E-state index in [1.807, 2.05) is 48.7 Å². The maximum absolute atomic E-state index is 12.7. The van der Waals surface area contributed by atoms with Crippen molar-refractivity contribution in [3.8, 4) is 16.3 Å². The lowest BCUT2D eigenvalue weighted by atomic mass is 10.1. The first kappa shape index (κ1) is 22.6. The first-order chi connectivity index (χ1) is 16.0. The van der Waals surface area contributed by atoms with Gasteiger partial charge in [-0.3, -0.25) is 14.9 Å². The van der Waals surface area contributed by atoms with Crippen molar-refractivity contribution in [2.75, 3.05) is 17.7 Å². The van der Waals surface area contributed by atoms with Gasteiger partial charge in [0.15, 0.2) is 10.3 Å². The number of hydrogen-bond acceptors (Lipinski definition) is 7. The van der Waals surface area contributed by atoms with Crippen molar-refractivity contribution in [2.24, 2.45) is 0 Å². The third kappa shape index (κ3) is 5.63. The number of ether oxygens (including phenoxy) is 1. The highest BCUT2D eigenvalue weighted by Crippen LogP contribution is 2.35. The molecule has 0 aliphatic carbocycles. The molecule has 33 heavy (non-hydrogen) atoms. The lowest BCUT2D eigenvalue weighted by Gasteiger charge is -2.06. The summed E-state index contributed by atoms with van der Waals surface area (Å²) in [7, 11) is 1.53. The Morgan fingerprint density at radius 3 is 2.52 bits per heavy atom. The second-order valence-corrected chi connectivity index (χ2v) is 9.02. The topological polar surface area (TPSA) is 93.2 Å². The van der Waals surface area contributed by atoms with Crippen molar-refractivity contribution in [1.82, 2.24) is 9.97 Å². The quantitative estimate of drug-likeness (QED) is 0.353. The molecule has 0 saturated heterocycles. The fourth-order valence-electron chi connectivity index (χ4n) is 3.20. The molecule has 0 saturated carbocycles. The third-order valence-electron chi connectivity index (χ3n) is 4.84. The van der Waals surface area contributed by atoms with E-state index in [4.69, 9.17) is 4.74 Å². The number of thiazole rings is 2. The van der Waals surface area contributed by atoms with Crippen molar-refractivity contribution in [1.29, 1.82) is 0 Å². The SMILES string of the molecule is COc1ccccc1C(=O)Nc1nc(C)c(-c2csc(NC(=O)CCc3ccccc3)n2)s1. The summed E-state index contributed by atoms with van der Waals surface area (Å²) < 4.78 is 5.26. The summed E-state index contributed by atoms with van der Waals surface area (Å²) in [5.74, 6) is 0.124. The van der Waals surface area contributed by atoms with E-state index in [0.29, 0.717) is 40.1 Å². The molecule has 168 valence electrons. The lowest BCUT2D eigenvalue weighted by Crippen LogP contribution is -2.12. The zero-order valence-electron chi connectivity index (χ0n) is 18.1. The van der Waals surface area contributed by atoms with Crippen molar-refractivity contribution in [3.05, 3.63) is 76.8 Å². The molecule has 2 heterocycles. The summed E-state index contributed by atoms with van der Waals surface area (Å²) in [6.45, 7) is 1.86. The maximum atomic E-state index is 12.7. The minimum Gasteiger partial charge on any atom is -0.496 e. The molecule has 0 unspecified atom stereocenters. The Morgan fingerprint density at radius 2 is 1.73 bits per heavy atom. The number of amides is 2. The molecule has 0 aliphatic heterocycles. The first-order valence-corrected chi connectivity index (χ1v) is 11.9. The molecular weight excluding hydrogens is 456 g/mol. The molecular formula is C24H22N4O3S2. The molecule has 0 spiro atoms. The Balaban J connectivity index is 1.40. The molecule has 7 nitrogen and oxygen atoms in total. The fourth-order valence-corrected chi connectivity index (χ4v) is 4.92. The highest BCUT2D eigenvalue weighted by atomic mass is 32.1. The number of aromatic nitrogens is 2. The van der Waals surface area contributed by atoms with Gasteiger partial charge in [-0.25, -0.2) is 9.97 Å². The van der Waals surface area contributed by atoms with Crippen molar-refractivity contribution in [3.63, 3.8) is 0 Å². The van der Waals surface area contributed by atoms with Crippen LogP contribution in [0.15, 0.2) is 60.0 Å². The highest BCUT2D eigenvalue weighted by Gasteiger charge is 2.17. The van der Waals surface area contributed by atoms with Crippen LogP contribution in [0.3, 0.4) is 0 Å². The van der Waals surface area contributed by atoms with Gasteiger partial charge in [-0.15, -0.1) is 11.3 Å². The van der Waals surface area contributed by atoms with Crippen LogP contribution < -0.4 is 15.4 Å². The van der Waals surface area contributed by atoms with Gasteiger partial charge in [0.25, 0.3) is 5.91 Å². The Kier molecular flexibility index (Phi) is 7.11. The zero-order chi connectivity index (χ0) is 23.2. The normalized spacial score (nSPS) is 10.6. The van der Waals surface area contributed by atoms with E-state index < -0.39 is 0 Å². The summed E-state index contributed by atoms with van der Waals surface area (Å²) in [6, 6.07) is 16.9. The van der Waals surface area contributed by atoms with Gasteiger partial charge in [0, 0.05) is 11.8 Å². The summed E-state index contributed by atoms with van der Waals surface area (Å²) in [5, 5.41) is 8.58. The van der Waals surface area contributed by atoms with E-state index in [1.54, 1.807) is 18.2 Å². The molecule has 2 aromatic heterocycles. The van der Waals surface area contributed by atoms with Gasteiger partial charge >= 0.3 is 0 Å². The zero-order valence-corrected chi connectivity index (χ0v) is 19.8. The van der Waals surface area contributed by atoms with E-state index >= 15 is 0 Å². The number of benzene rings is 2. The lowest BCUT2D eigenvalue weighted by molar-refractivity contribution is -0.116. The molecule has 0 bridgehead atoms. The molecule has 0 atom stereocenters. The van der Waals surface area contributed by atoms with Crippen LogP contribution in [-0.4, -0.2) is 28.9 Å². The van der Waals surface area contributed by atoms with E-state index in [0.717, 1.165) is 16.1 Å². The second kappa shape index (κ2) is 10.4. The van der Waals surface area contributed by atoms with Crippen LogP contribution in [0.5, 0.6) is 5.75 Å². The number of nitrogens with zero attached hydrogens (tertiary/aromatic N) is 2. The molecule has 0 aliphatic rings. The summed E-state index contributed by atoms with van der Waals surface area (Å²) >= 11 is 2.70.